The van der Waals surface area contributed by atoms with Crippen molar-refractivity contribution in [1.29, 1.82) is 0 Å². The normalized spacial score (nSPS) is 8.15. The Morgan fingerprint density at radius 2 is 2.23 bits per heavy atom. The van der Waals surface area contributed by atoms with Gasteiger partial charge in [0.1, 0.15) is 19.3 Å². The summed E-state index contributed by atoms with van der Waals surface area (Å²) < 4.78 is 9.47. The van der Waals surface area contributed by atoms with Crippen molar-refractivity contribution >= 4 is 17.6 Å². The highest BCUT2D eigenvalue weighted by molar-refractivity contribution is 6.19. The van der Waals surface area contributed by atoms with Crippen molar-refractivity contribution in [1.82, 2.24) is 0 Å². The maximum absolute atomic E-state index is 10.8. The van der Waals surface area contributed by atoms with Gasteiger partial charge in [0.15, 0.2) is 0 Å². The van der Waals surface area contributed by atoms with Gasteiger partial charge in [0, 0.05) is 5.57 Å². The molecule has 4 heteroatoms. The molecule has 0 spiro atoms. The first-order valence-electron chi connectivity index (χ1n) is 3.66. The van der Waals surface area contributed by atoms with Crippen LogP contribution in [0, 0.1) is 12.0 Å². The van der Waals surface area contributed by atoms with E-state index in [0.29, 0.717) is 5.57 Å². The lowest BCUT2D eigenvalue weighted by Gasteiger charge is -2.01. The molecule has 0 amide bonds. The first kappa shape index (κ1) is 11.9. The smallest absolute Gasteiger partial charge is 0.333 e. The van der Waals surface area contributed by atoms with E-state index < -0.39 is 5.97 Å². The molecule has 0 atom stereocenters. The molecule has 0 unspecified atom stereocenters. The summed E-state index contributed by atoms with van der Waals surface area (Å²) in [6, 6.07) is 0. The van der Waals surface area contributed by atoms with Crippen LogP contribution < -0.4 is 0 Å². The first-order chi connectivity index (χ1) is 6.18. The minimum Gasteiger partial charge on any atom is -0.459 e. The molecule has 3 nitrogen and oxygen atoms in total. The summed E-state index contributed by atoms with van der Waals surface area (Å²) in [6.45, 7) is 5.41. The van der Waals surface area contributed by atoms with Crippen LogP contribution in [0.3, 0.4) is 0 Å². The Balaban J connectivity index is 3.36. The summed E-state index contributed by atoms with van der Waals surface area (Å²) in [5.41, 5.74) is 0.367. The third kappa shape index (κ3) is 7.23. The maximum atomic E-state index is 10.8. The maximum Gasteiger partial charge on any atom is 0.333 e. The fourth-order valence-corrected chi connectivity index (χ4v) is 0.483. The number of halogens is 1. The summed E-state index contributed by atoms with van der Waals surface area (Å²) in [5.74, 6) is 2.30. The molecule has 0 aromatic carbocycles. The lowest BCUT2D eigenvalue weighted by Crippen LogP contribution is -2.09. The van der Waals surface area contributed by atoms with Gasteiger partial charge >= 0.3 is 5.97 Å². The van der Waals surface area contributed by atoms with Gasteiger partial charge in [-0.15, -0.1) is 11.6 Å². The van der Waals surface area contributed by atoms with E-state index in [-0.39, 0.29) is 19.1 Å². The summed E-state index contributed by atoms with van der Waals surface area (Å²) >= 11 is 5.26. The van der Waals surface area contributed by atoms with Crippen molar-refractivity contribution in [3.63, 3.8) is 0 Å². The number of hydrogen-bond donors (Lipinski definition) is 0. The van der Waals surface area contributed by atoms with E-state index in [9.17, 15) is 4.79 Å². The molecule has 0 aliphatic rings. The van der Waals surface area contributed by atoms with Crippen molar-refractivity contribution in [3.8, 4) is 12.0 Å². The zero-order valence-electron chi connectivity index (χ0n) is 7.43. The van der Waals surface area contributed by atoms with Gasteiger partial charge in [-0.3, -0.25) is 0 Å². The third-order valence-electron chi connectivity index (χ3n) is 0.978. The number of carbonyl (C=O) groups excluding carboxylic acids is 1. The summed E-state index contributed by atoms with van der Waals surface area (Å²) in [5, 5.41) is 0. The molecule has 0 bridgehead atoms. The van der Waals surface area contributed by atoms with Crippen molar-refractivity contribution in [2.75, 3.05) is 19.1 Å². The standard InChI is InChI=1S/C9H11ClO3/c1-8(2)9(11)13-7-6-12-5-3-4-10/h1,4,6-7H2,2H3. The quantitative estimate of drug-likeness (QED) is 0.227. The van der Waals surface area contributed by atoms with Crippen LogP contribution in [0.2, 0.25) is 0 Å². The Morgan fingerprint density at radius 1 is 1.54 bits per heavy atom. The second-order valence-corrected chi connectivity index (χ2v) is 2.44. The highest BCUT2D eigenvalue weighted by Crippen LogP contribution is 1.91. The largest absolute Gasteiger partial charge is 0.459 e. The van der Waals surface area contributed by atoms with Crippen LogP contribution in [0.4, 0.5) is 0 Å². The molecular weight excluding hydrogens is 192 g/mol. The molecule has 0 heterocycles. The number of ether oxygens (including phenoxy) is 2. The van der Waals surface area contributed by atoms with Crippen LogP contribution in [-0.4, -0.2) is 25.1 Å². The van der Waals surface area contributed by atoms with Crippen LogP contribution >= 0.6 is 11.6 Å². The van der Waals surface area contributed by atoms with E-state index in [1.165, 1.54) is 0 Å². The molecule has 72 valence electrons. The average molecular weight is 203 g/mol. The molecule has 13 heavy (non-hydrogen) atoms. The predicted molar refractivity (Wildman–Crippen MR) is 50.2 cm³/mol. The predicted octanol–water partition coefficient (Wildman–Crippen LogP) is 1.32. The van der Waals surface area contributed by atoms with Crippen LogP contribution in [-0.2, 0) is 14.3 Å². The minimum atomic E-state index is -0.422. The lowest BCUT2D eigenvalue weighted by atomic mass is 10.4. The summed E-state index contributed by atoms with van der Waals surface area (Å²) in [7, 11) is 0. The molecule has 0 radical (unpaired) electrons. The second kappa shape index (κ2) is 7.51. The van der Waals surface area contributed by atoms with Gasteiger partial charge in [-0.1, -0.05) is 6.58 Å². The van der Waals surface area contributed by atoms with E-state index in [1.54, 1.807) is 6.92 Å². The zero-order valence-corrected chi connectivity index (χ0v) is 8.19. The summed E-state index contributed by atoms with van der Waals surface area (Å²) in [4.78, 5) is 10.8. The molecule has 0 aliphatic carbocycles. The Morgan fingerprint density at radius 3 is 2.77 bits per heavy atom. The second-order valence-electron chi connectivity index (χ2n) is 2.18. The number of rotatable bonds is 4. The highest BCUT2D eigenvalue weighted by atomic mass is 35.5. The fourth-order valence-electron chi connectivity index (χ4n) is 0.429. The molecule has 0 saturated heterocycles. The Bertz CT molecular complexity index is 237. The van der Waals surface area contributed by atoms with E-state index in [0.717, 1.165) is 0 Å². The first-order valence-corrected chi connectivity index (χ1v) is 4.20. The van der Waals surface area contributed by atoms with Crippen molar-refractivity contribution in [3.05, 3.63) is 12.2 Å². The topological polar surface area (TPSA) is 35.5 Å². The highest BCUT2D eigenvalue weighted by Gasteiger charge is 2.01. The van der Waals surface area contributed by atoms with Crippen molar-refractivity contribution in [2.45, 2.75) is 6.92 Å². The molecule has 0 aromatic heterocycles. The van der Waals surface area contributed by atoms with Gasteiger partial charge < -0.3 is 9.47 Å². The van der Waals surface area contributed by atoms with Gasteiger partial charge in [0.2, 0.25) is 0 Å². The number of carbonyl (C=O) groups is 1. The molecule has 0 rings (SSSR count). The van der Waals surface area contributed by atoms with Gasteiger partial charge in [0.05, 0.1) is 5.88 Å². The molecule has 0 aliphatic heterocycles. The Kier molecular flexibility index (Phi) is 6.85. The van der Waals surface area contributed by atoms with Crippen LogP contribution in [0.1, 0.15) is 6.92 Å². The minimum absolute atomic E-state index is 0.169. The van der Waals surface area contributed by atoms with Gasteiger partial charge in [-0.2, -0.15) is 0 Å². The third-order valence-corrected chi connectivity index (χ3v) is 1.11. The number of alkyl halides is 1. The lowest BCUT2D eigenvalue weighted by molar-refractivity contribution is -0.139. The van der Waals surface area contributed by atoms with E-state index >= 15 is 0 Å². The number of hydrogen-bond acceptors (Lipinski definition) is 3. The van der Waals surface area contributed by atoms with Gasteiger partial charge in [-0.05, 0) is 12.8 Å². The fraction of sp³-hybridized carbons (Fsp3) is 0.444. The summed E-state index contributed by atoms with van der Waals surface area (Å²) in [6.07, 6.45) is 2.34. The average Bonchev–Trinajstić information content (AvgIpc) is 2.10. The van der Waals surface area contributed by atoms with Gasteiger partial charge in [-0.25, -0.2) is 4.79 Å². The molecule has 0 aromatic rings. The molecule has 0 N–H and O–H groups in total. The van der Waals surface area contributed by atoms with Crippen LogP contribution in [0.25, 0.3) is 0 Å². The molecule has 0 saturated carbocycles. The van der Waals surface area contributed by atoms with Crippen molar-refractivity contribution < 1.29 is 14.3 Å². The SMILES string of the molecule is C=C(C)C(=O)OCCOC#CCCl. The molecule has 0 fully saturated rings. The van der Waals surface area contributed by atoms with E-state index in [1.807, 2.05) is 0 Å². The van der Waals surface area contributed by atoms with E-state index in [4.69, 9.17) is 21.1 Å². The van der Waals surface area contributed by atoms with E-state index in [2.05, 4.69) is 18.6 Å². The number of esters is 1. The van der Waals surface area contributed by atoms with Crippen LogP contribution in [0.5, 0.6) is 0 Å². The zero-order chi connectivity index (χ0) is 10.1. The monoisotopic (exact) mass is 202 g/mol. The van der Waals surface area contributed by atoms with Crippen LogP contribution in [0.15, 0.2) is 12.2 Å². The Labute approximate surface area is 82.7 Å². The molecular formula is C9H11ClO3. The Hall–Kier alpha value is -1.14. The van der Waals surface area contributed by atoms with Crippen molar-refractivity contribution in [2.24, 2.45) is 0 Å². The van der Waals surface area contributed by atoms with Gasteiger partial charge in [0.25, 0.3) is 0 Å².